The highest BCUT2D eigenvalue weighted by Crippen LogP contribution is 2.37. The van der Waals surface area contributed by atoms with Crippen LogP contribution in [-0.2, 0) is 0 Å². The first kappa shape index (κ1) is 29.7. The number of fused-ring (bicyclic) bond motifs is 4. The summed E-state index contributed by atoms with van der Waals surface area (Å²) in [5, 5.41) is 2.23. The summed E-state index contributed by atoms with van der Waals surface area (Å²) in [7, 11) is 0. The molecule has 0 saturated carbocycles. The van der Waals surface area contributed by atoms with E-state index in [2.05, 4.69) is 124 Å². The molecule has 52 heavy (non-hydrogen) atoms. The van der Waals surface area contributed by atoms with E-state index >= 15 is 0 Å². The van der Waals surface area contributed by atoms with Crippen LogP contribution in [0.1, 0.15) is 0 Å². The summed E-state index contributed by atoms with van der Waals surface area (Å²) < 4.78 is 4.24. The standard InChI is InChI=1S/C46H30N6/c1-4-12-31(13-5-1)33-19-21-35(22-20-33)45-48-44(34-16-8-3-9-17-34)49-46(50-45)52-41-28-36(32-14-6-2-7-15-32)23-25-38(41)39-26-24-37(29-42(39)52)40-30-51-27-11-10-18-43(51)47-40/h1-30H. The smallest absolute Gasteiger partial charge is 0.238 e. The number of rotatable bonds is 6. The number of nitrogens with zero attached hydrogens (tertiary/aromatic N) is 6. The largest absolute Gasteiger partial charge is 0.306 e. The third kappa shape index (κ3) is 5.22. The Bertz CT molecular complexity index is 2840. The Hall–Kier alpha value is -7.18. The number of hydrogen-bond acceptors (Lipinski definition) is 4. The van der Waals surface area contributed by atoms with Gasteiger partial charge in [-0.2, -0.15) is 9.97 Å². The molecular formula is C46H30N6. The molecule has 10 rings (SSSR count). The summed E-state index contributed by atoms with van der Waals surface area (Å²) in [5.74, 6) is 1.76. The fourth-order valence-corrected chi connectivity index (χ4v) is 7.03. The lowest BCUT2D eigenvalue weighted by Gasteiger charge is -2.12. The second-order valence-corrected chi connectivity index (χ2v) is 12.8. The van der Waals surface area contributed by atoms with Crippen LogP contribution in [0.5, 0.6) is 0 Å². The molecule has 244 valence electrons. The third-order valence-corrected chi connectivity index (χ3v) is 9.64. The lowest BCUT2D eigenvalue weighted by Crippen LogP contribution is -2.06. The number of aromatic nitrogens is 6. The zero-order valence-electron chi connectivity index (χ0n) is 28.0. The van der Waals surface area contributed by atoms with Gasteiger partial charge in [0.2, 0.25) is 5.95 Å². The van der Waals surface area contributed by atoms with Gasteiger partial charge in [0, 0.05) is 39.9 Å². The monoisotopic (exact) mass is 666 g/mol. The number of imidazole rings is 1. The molecule has 0 amide bonds. The van der Waals surface area contributed by atoms with Crippen LogP contribution < -0.4 is 0 Å². The van der Waals surface area contributed by atoms with Crippen molar-refractivity contribution in [3.05, 3.63) is 182 Å². The van der Waals surface area contributed by atoms with Crippen molar-refractivity contribution in [3.63, 3.8) is 0 Å². The van der Waals surface area contributed by atoms with Crippen LogP contribution in [0.15, 0.2) is 182 Å². The minimum atomic E-state index is 0.549. The van der Waals surface area contributed by atoms with Crippen LogP contribution in [0.3, 0.4) is 0 Å². The maximum Gasteiger partial charge on any atom is 0.238 e. The second kappa shape index (κ2) is 12.3. The van der Waals surface area contributed by atoms with E-state index in [1.807, 2.05) is 66.9 Å². The van der Waals surface area contributed by atoms with E-state index in [1.165, 1.54) is 0 Å². The molecule has 4 heterocycles. The summed E-state index contributed by atoms with van der Waals surface area (Å²) in [5.41, 5.74) is 11.2. The average molecular weight is 667 g/mol. The van der Waals surface area contributed by atoms with Crippen molar-refractivity contribution in [2.75, 3.05) is 0 Å². The van der Waals surface area contributed by atoms with Crippen LogP contribution in [0, 0.1) is 0 Å². The normalized spacial score (nSPS) is 11.5. The van der Waals surface area contributed by atoms with Crippen molar-refractivity contribution in [3.8, 4) is 62.2 Å². The Morgan fingerprint density at radius 2 is 0.846 bits per heavy atom. The summed E-state index contributed by atoms with van der Waals surface area (Å²) >= 11 is 0. The van der Waals surface area contributed by atoms with Crippen LogP contribution in [0.2, 0.25) is 0 Å². The van der Waals surface area contributed by atoms with Crippen molar-refractivity contribution >= 4 is 27.5 Å². The molecule has 0 unspecified atom stereocenters. The molecule has 4 aromatic heterocycles. The molecule has 10 aromatic rings. The summed E-state index contributed by atoms with van der Waals surface area (Å²) in [6.45, 7) is 0. The Kier molecular flexibility index (Phi) is 7.03. The molecule has 6 heteroatoms. The number of benzene rings is 6. The van der Waals surface area contributed by atoms with Crippen LogP contribution >= 0.6 is 0 Å². The highest BCUT2D eigenvalue weighted by atomic mass is 15.2. The topological polar surface area (TPSA) is 60.9 Å². The SMILES string of the molecule is c1ccc(-c2ccc(-c3nc(-c4ccccc4)nc(-n4c5cc(-c6ccccc6)ccc5c5ccc(-c6cn7ccccc7n6)cc54)n3)cc2)cc1. The Balaban J connectivity index is 1.22. The molecule has 0 N–H and O–H groups in total. The van der Waals surface area contributed by atoms with Crippen molar-refractivity contribution in [2.45, 2.75) is 0 Å². The third-order valence-electron chi connectivity index (χ3n) is 9.64. The van der Waals surface area contributed by atoms with Crippen molar-refractivity contribution in [2.24, 2.45) is 0 Å². The summed E-state index contributed by atoms with van der Waals surface area (Å²) in [4.78, 5) is 20.4. The van der Waals surface area contributed by atoms with Crippen molar-refractivity contribution < 1.29 is 0 Å². The molecule has 6 aromatic carbocycles. The van der Waals surface area contributed by atoms with E-state index in [0.29, 0.717) is 17.6 Å². The maximum atomic E-state index is 5.23. The number of hydrogen-bond donors (Lipinski definition) is 0. The molecule has 0 saturated heterocycles. The molecule has 0 aliphatic rings. The highest BCUT2D eigenvalue weighted by Gasteiger charge is 2.20. The van der Waals surface area contributed by atoms with Crippen LogP contribution in [-0.4, -0.2) is 28.9 Å². The van der Waals surface area contributed by atoms with Crippen LogP contribution in [0.4, 0.5) is 0 Å². The van der Waals surface area contributed by atoms with Gasteiger partial charge in [0.1, 0.15) is 5.65 Å². The quantitative estimate of drug-likeness (QED) is 0.177. The van der Waals surface area contributed by atoms with Crippen molar-refractivity contribution in [1.29, 1.82) is 0 Å². The highest BCUT2D eigenvalue weighted by molar-refractivity contribution is 6.11. The zero-order valence-corrected chi connectivity index (χ0v) is 28.0. The maximum absolute atomic E-state index is 5.23. The van der Waals surface area contributed by atoms with Crippen LogP contribution in [0.25, 0.3) is 89.7 Å². The van der Waals surface area contributed by atoms with E-state index in [1.54, 1.807) is 0 Å². The van der Waals surface area contributed by atoms with Gasteiger partial charge >= 0.3 is 0 Å². The minimum Gasteiger partial charge on any atom is -0.306 e. The first-order valence-electron chi connectivity index (χ1n) is 17.3. The van der Waals surface area contributed by atoms with Gasteiger partial charge in [-0.1, -0.05) is 146 Å². The fourth-order valence-electron chi connectivity index (χ4n) is 7.03. The van der Waals surface area contributed by atoms with Crippen molar-refractivity contribution in [1.82, 2.24) is 28.9 Å². The van der Waals surface area contributed by atoms with E-state index < -0.39 is 0 Å². The molecular weight excluding hydrogens is 637 g/mol. The molecule has 0 aliphatic carbocycles. The van der Waals surface area contributed by atoms with E-state index in [9.17, 15) is 0 Å². The Morgan fingerprint density at radius 3 is 1.48 bits per heavy atom. The first-order chi connectivity index (χ1) is 25.7. The van der Waals surface area contributed by atoms with Gasteiger partial charge in [-0.15, -0.1) is 0 Å². The van der Waals surface area contributed by atoms with Gasteiger partial charge in [-0.3, -0.25) is 4.57 Å². The Morgan fingerprint density at radius 1 is 0.365 bits per heavy atom. The van der Waals surface area contributed by atoms with E-state index in [4.69, 9.17) is 19.9 Å². The summed E-state index contributed by atoms with van der Waals surface area (Å²) in [6, 6.07) is 58.7. The second-order valence-electron chi connectivity index (χ2n) is 12.8. The van der Waals surface area contributed by atoms with Gasteiger partial charge in [-0.25, -0.2) is 9.97 Å². The lowest BCUT2D eigenvalue weighted by atomic mass is 10.0. The Labute approximate surface area is 300 Å². The number of pyridine rings is 1. The predicted molar refractivity (Wildman–Crippen MR) is 210 cm³/mol. The predicted octanol–water partition coefficient (Wildman–Crippen LogP) is 11.0. The molecule has 0 radical (unpaired) electrons. The fraction of sp³-hybridized carbons (Fsp3) is 0. The molecule has 0 spiro atoms. The molecule has 6 nitrogen and oxygen atoms in total. The minimum absolute atomic E-state index is 0.549. The van der Waals surface area contributed by atoms with Gasteiger partial charge in [0.05, 0.1) is 16.7 Å². The van der Waals surface area contributed by atoms with Gasteiger partial charge < -0.3 is 4.40 Å². The molecule has 0 fully saturated rings. The van der Waals surface area contributed by atoms with Gasteiger partial charge in [0.15, 0.2) is 11.6 Å². The van der Waals surface area contributed by atoms with E-state index in [0.717, 1.165) is 72.1 Å². The van der Waals surface area contributed by atoms with Gasteiger partial charge in [0.25, 0.3) is 0 Å². The van der Waals surface area contributed by atoms with Gasteiger partial charge in [-0.05, 0) is 46.5 Å². The van der Waals surface area contributed by atoms with E-state index in [-0.39, 0.29) is 0 Å². The lowest BCUT2D eigenvalue weighted by molar-refractivity contribution is 0.953. The molecule has 0 bridgehead atoms. The summed E-state index contributed by atoms with van der Waals surface area (Å²) in [6.07, 6.45) is 4.10. The molecule has 0 aliphatic heterocycles. The molecule has 0 atom stereocenters. The average Bonchev–Trinajstić information content (AvgIpc) is 3.81. The first-order valence-corrected chi connectivity index (χ1v) is 17.3. The zero-order chi connectivity index (χ0) is 34.4.